The van der Waals surface area contributed by atoms with Crippen molar-refractivity contribution >= 4 is 39.2 Å². The molecule has 21 heavy (non-hydrogen) atoms. The molecule has 0 fully saturated rings. The van der Waals surface area contributed by atoms with Crippen LogP contribution in [0.1, 0.15) is 17.3 Å². The molecule has 0 saturated heterocycles. The lowest BCUT2D eigenvalue weighted by molar-refractivity contribution is -0.141. The standard InChI is InChI=1S/C14H15BrClN3O2/c1-8-10(7-17-19(8)2)13(14(20)21-3)18-9-4-5-12(16)11(15)6-9/h4-7,13,18H,1-3H3. The van der Waals surface area contributed by atoms with Gasteiger partial charge in [0.25, 0.3) is 0 Å². The lowest BCUT2D eigenvalue weighted by Crippen LogP contribution is -2.23. The Kier molecular flexibility index (Phi) is 4.90. The highest BCUT2D eigenvalue weighted by Gasteiger charge is 2.25. The van der Waals surface area contributed by atoms with E-state index in [1.807, 2.05) is 20.0 Å². The Morgan fingerprint density at radius 1 is 1.52 bits per heavy atom. The van der Waals surface area contributed by atoms with Gasteiger partial charge >= 0.3 is 5.97 Å². The van der Waals surface area contributed by atoms with Gasteiger partial charge in [-0.05, 0) is 41.1 Å². The Morgan fingerprint density at radius 3 is 2.76 bits per heavy atom. The van der Waals surface area contributed by atoms with Crippen molar-refractivity contribution in [1.82, 2.24) is 9.78 Å². The molecule has 5 nitrogen and oxygen atoms in total. The number of hydrogen-bond donors (Lipinski definition) is 1. The number of carbonyl (C=O) groups excluding carboxylic acids is 1. The van der Waals surface area contributed by atoms with Crippen molar-refractivity contribution in [3.05, 3.63) is 45.1 Å². The van der Waals surface area contributed by atoms with Crippen molar-refractivity contribution in [2.45, 2.75) is 13.0 Å². The van der Waals surface area contributed by atoms with Gasteiger partial charge in [0.1, 0.15) is 0 Å². The van der Waals surface area contributed by atoms with Crippen LogP contribution in [0.2, 0.25) is 5.02 Å². The van der Waals surface area contributed by atoms with Gasteiger partial charge < -0.3 is 10.1 Å². The van der Waals surface area contributed by atoms with Crippen LogP contribution in [0.15, 0.2) is 28.9 Å². The fourth-order valence-electron chi connectivity index (χ4n) is 1.93. The molecule has 1 heterocycles. The van der Waals surface area contributed by atoms with E-state index in [9.17, 15) is 4.79 Å². The van der Waals surface area contributed by atoms with Crippen LogP contribution in [0, 0.1) is 6.92 Å². The summed E-state index contributed by atoms with van der Waals surface area (Å²) in [5.74, 6) is -0.378. The van der Waals surface area contributed by atoms with Crippen LogP contribution >= 0.6 is 27.5 Å². The van der Waals surface area contributed by atoms with E-state index in [2.05, 4.69) is 26.3 Å². The Labute approximate surface area is 136 Å². The molecule has 112 valence electrons. The molecule has 0 saturated carbocycles. The number of nitrogens with zero attached hydrogens (tertiary/aromatic N) is 2. The molecule has 0 aliphatic carbocycles. The average molecular weight is 373 g/mol. The number of benzene rings is 1. The zero-order valence-electron chi connectivity index (χ0n) is 11.9. The van der Waals surface area contributed by atoms with Crippen LogP contribution in [0.5, 0.6) is 0 Å². The smallest absolute Gasteiger partial charge is 0.333 e. The van der Waals surface area contributed by atoms with Crippen LogP contribution in [0.4, 0.5) is 5.69 Å². The van der Waals surface area contributed by atoms with Gasteiger partial charge in [0, 0.05) is 28.5 Å². The maximum Gasteiger partial charge on any atom is 0.333 e. The van der Waals surface area contributed by atoms with Crippen molar-refractivity contribution in [3.63, 3.8) is 0 Å². The first-order valence-corrected chi connectivity index (χ1v) is 7.39. The van der Waals surface area contributed by atoms with Crippen LogP contribution in [0.25, 0.3) is 0 Å². The minimum atomic E-state index is -0.628. The zero-order chi connectivity index (χ0) is 15.6. The normalized spacial score (nSPS) is 12.0. The molecule has 0 aliphatic rings. The summed E-state index contributed by atoms with van der Waals surface area (Å²) in [6, 6.07) is 4.73. The van der Waals surface area contributed by atoms with E-state index in [0.29, 0.717) is 5.02 Å². The number of anilines is 1. The minimum Gasteiger partial charge on any atom is -0.467 e. The number of halogens is 2. The molecular weight excluding hydrogens is 358 g/mol. The molecule has 0 spiro atoms. The molecule has 2 rings (SSSR count). The first-order valence-electron chi connectivity index (χ1n) is 6.22. The van der Waals surface area contributed by atoms with Crippen molar-refractivity contribution in [3.8, 4) is 0 Å². The number of nitrogens with one attached hydrogen (secondary N) is 1. The number of ether oxygens (including phenoxy) is 1. The molecular formula is C14H15BrClN3O2. The largest absolute Gasteiger partial charge is 0.467 e. The molecule has 0 amide bonds. The highest BCUT2D eigenvalue weighted by Crippen LogP contribution is 2.29. The second-order valence-corrected chi connectivity index (χ2v) is 5.80. The zero-order valence-corrected chi connectivity index (χ0v) is 14.2. The van der Waals surface area contributed by atoms with Crippen LogP contribution < -0.4 is 5.32 Å². The summed E-state index contributed by atoms with van der Waals surface area (Å²) >= 11 is 9.33. The molecule has 1 atom stereocenters. The SMILES string of the molecule is COC(=O)C(Nc1ccc(Cl)c(Br)c1)c1cnn(C)c1C. The van der Waals surface area contributed by atoms with Gasteiger partial charge in [0.2, 0.25) is 0 Å². The maximum absolute atomic E-state index is 12.1. The third kappa shape index (κ3) is 3.39. The second-order valence-electron chi connectivity index (χ2n) is 4.54. The van der Waals surface area contributed by atoms with Crippen LogP contribution in [0.3, 0.4) is 0 Å². The maximum atomic E-state index is 12.1. The molecule has 0 bridgehead atoms. The topological polar surface area (TPSA) is 56.1 Å². The minimum absolute atomic E-state index is 0.378. The van der Waals surface area contributed by atoms with Crippen LogP contribution in [-0.2, 0) is 16.6 Å². The number of carbonyl (C=O) groups is 1. The monoisotopic (exact) mass is 371 g/mol. The second kappa shape index (κ2) is 6.49. The van der Waals surface area contributed by atoms with Crippen molar-refractivity contribution in [1.29, 1.82) is 0 Å². The van der Waals surface area contributed by atoms with Crippen molar-refractivity contribution in [2.24, 2.45) is 7.05 Å². The predicted octanol–water partition coefficient (Wildman–Crippen LogP) is 3.47. The number of aryl methyl sites for hydroxylation is 1. The van der Waals surface area contributed by atoms with E-state index < -0.39 is 6.04 Å². The van der Waals surface area contributed by atoms with E-state index >= 15 is 0 Å². The lowest BCUT2D eigenvalue weighted by atomic mass is 10.1. The number of rotatable bonds is 4. The highest BCUT2D eigenvalue weighted by molar-refractivity contribution is 9.10. The summed E-state index contributed by atoms with van der Waals surface area (Å²) in [4.78, 5) is 12.1. The predicted molar refractivity (Wildman–Crippen MR) is 85.5 cm³/mol. The lowest BCUT2D eigenvalue weighted by Gasteiger charge is -2.18. The third-order valence-corrected chi connectivity index (χ3v) is 4.47. The van der Waals surface area contributed by atoms with Gasteiger partial charge in [-0.25, -0.2) is 4.79 Å². The van der Waals surface area contributed by atoms with Crippen molar-refractivity contribution < 1.29 is 9.53 Å². The molecule has 1 N–H and O–H groups in total. The van der Waals surface area contributed by atoms with E-state index in [-0.39, 0.29) is 5.97 Å². The average Bonchev–Trinajstić information content (AvgIpc) is 2.79. The molecule has 1 unspecified atom stereocenters. The molecule has 1 aromatic heterocycles. The molecule has 0 radical (unpaired) electrons. The first kappa shape index (κ1) is 15.9. The summed E-state index contributed by atoms with van der Waals surface area (Å²) in [6.45, 7) is 1.90. The Balaban J connectivity index is 2.35. The number of hydrogen-bond acceptors (Lipinski definition) is 4. The third-order valence-electron chi connectivity index (χ3n) is 3.25. The van der Waals surface area contributed by atoms with Gasteiger partial charge in [-0.3, -0.25) is 4.68 Å². The summed E-state index contributed by atoms with van der Waals surface area (Å²) in [5.41, 5.74) is 2.42. The van der Waals surface area contributed by atoms with Gasteiger partial charge in [0.15, 0.2) is 6.04 Å². The van der Waals surface area contributed by atoms with Gasteiger partial charge in [-0.15, -0.1) is 0 Å². The summed E-state index contributed by atoms with van der Waals surface area (Å²) in [5, 5.41) is 7.92. The number of esters is 1. The van der Waals surface area contributed by atoms with Gasteiger partial charge in [-0.1, -0.05) is 11.6 Å². The molecule has 1 aromatic carbocycles. The van der Waals surface area contributed by atoms with Crippen LogP contribution in [-0.4, -0.2) is 22.9 Å². The summed E-state index contributed by atoms with van der Waals surface area (Å²) in [7, 11) is 3.19. The van der Waals surface area contributed by atoms with E-state index in [1.165, 1.54) is 7.11 Å². The molecule has 7 heteroatoms. The summed E-state index contributed by atoms with van der Waals surface area (Å²) in [6.07, 6.45) is 1.66. The first-order chi connectivity index (χ1) is 9.93. The van der Waals surface area contributed by atoms with E-state index in [4.69, 9.17) is 16.3 Å². The van der Waals surface area contributed by atoms with E-state index in [1.54, 1.807) is 23.0 Å². The number of methoxy groups -OCH3 is 1. The fourth-order valence-corrected chi connectivity index (χ4v) is 2.43. The van der Waals surface area contributed by atoms with Crippen molar-refractivity contribution in [2.75, 3.05) is 12.4 Å². The van der Waals surface area contributed by atoms with Gasteiger partial charge in [-0.2, -0.15) is 5.10 Å². The fraction of sp³-hybridized carbons (Fsp3) is 0.286. The van der Waals surface area contributed by atoms with Gasteiger partial charge in [0.05, 0.1) is 18.3 Å². The summed E-state index contributed by atoms with van der Waals surface area (Å²) < 4.78 is 7.34. The quantitative estimate of drug-likeness (QED) is 0.835. The molecule has 0 aliphatic heterocycles. The Hall–Kier alpha value is -1.53. The van der Waals surface area contributed by atoms with E-state index in [0.717, 1.165) is 21.4 Å². The molecule has 2 aromatic rings. The highest BCUT2D eigenvalue weighted by atomic mass is 79.9. The number of aromatic nitrogens is 2. The Bertz CT molecular complexity index is 672. The Morgan fingerprint density at radius 2 is 2.24 bits per heavy atom.